The second-order valence-electron chi connectivity index (χ2n) is 3.34. The second-order valence-corrected chi connectivity index (χ2v) is 3.34. The molecule has 6 nitrogen and oxygen atoms in total. The van der Waals surface area contributed by atoms with Crippen LogP contribution in [0.2, 0.25) is 0 Å². The van der Waals surface area contributed by atoms with Gasteiger partial charge in [0.25, 0.3) is 0 Å². The van der Waals surface area contributed by atoms with Gasteiger partial charge in [-0.05, 0) is 6.07 Å². The van der Waals surface area contributed by atoms with Crippen LogP contribution in [0.3, 0.4) is 0 Å². The minimum Gasteiger partial charge on any atom is -0.501 e. The molecule has 2 aromatic rings. The molecule has 0 atom stereocenters. The summed E-state index contributed by atoms with van der Waals surface area (Å²) in [6.07, 6.45) is 0. The Morgan fingerprint density at radius 1 is 1.17 bits per heavy atom. The standard InChI is InChI=1S/C12H12O6/c1-15-9-6-4-5-7(13)18-10(6)12(17-3)8(14)11(9)16-2/h4-5,14H,1-3H3/i2D3. The molecule has 0 saturated carbocycles. The molecule has 0 aliphatic carbocycles. The van der Waals surface area contributed by atoms with Crippen molar-refractivity contribution in [1.29, 1.82) is 0 Å². The molecule has 0 bridgehead atoms. The molecule has 1 N–H and O–H groups in total. The van der Waals surface area contributed by atoms with E-state index >= 15 is 0 Å². The monoisotopic (exact) mass is 255 g/mol. The summed E-state index contributed by atoms with van der Waals surface area (Å²) in [4.78, 5) is 11.3. The molecular formula is C12H12O6. The molecule has 2 rings (SSSR count). The highest BCUT2D eigenvalue weighted by Gasteiger charge is 2.23. The fraction of sp³-hybridized carbons (Fsp3) is 0.250. The number of ether oxygens (including phenoxy) is 3. The van der Waals surface area contributed by atoms with Gasteiger partial charge < -0.3 is 23.7 Å². The van der Waals surface area contributed by atoms with Gasteiger partial charge in [-0.3, -0.25) is 0 Å². The number of hydrogen-bond acceptors (Lipinski definition) is 6. The first-order valence-electron chi connectivity index (χ1n) is 6.38. The van der Waals surface area contributed by atoms with Gasteiger partial charge in [-0.15, -0.1) is 0 Å². The van der Waals surface area contributed by atoms with E-state index in [4.69, 9.17) is 22.7 Å². The largest absolute Gasteiger partial charge is 0.501 e. The first-order chi connectivity index (χ1) is 9.78. The molecular weight excluding hydrogens is 240 g/mol. The van der Waals surface area contributed by atoms with E-state index in [2.05, 4.69) is 0 Å². The summed E-state index contributed by atoms with van der Waals surface area (Å²) in [6.45, 7) is 0. The molecule has 0 amide bonds. The molecule has 0 saturated heterocycles. The molecule has 0 aliphatic rings. The van der Waals surface area contributed by atoms with Gasteiger partial charge in [0, 0.05) is 6.07 Å². The molecule has 1 aromatic heterocycles. The van der Waals surface area contributed by atoms with Crippen LogP contribution in [0.25, 0.3) is 11.0 Å². The van der Waals surface area contributed by atoms with Crippen molar-refractivity contribution in [3.63, 3.8) is 0 Å². The molecule has 0 aliphatic heterocycles. The normalized spacial score (nSPS) is 13.6. The lowest BCUT2D eigenvalue weighted by Gasteiger charge is -2.14. The van der Waals surface area contributed by atoms with Crippen LogP contribution in [0, 0.1) is 0 Å². The number of methoxy groups -OCH3 is 3. The fourth-order valence-electron chi connectivity index (χ4n) is 1.69. The van der Waals surface area contributed by atoms with Crippen molar-refractivity contribution in [2.75, 3.05) is 21.3 Å². The summed E-state index contributed by atoms with van der Waals surface area (Å²) in [6, 6.07) is 2.48. The number of rotatable bonds is 3. The summed E-state index contributed by atoms with van der Waals surface area (Å²) < 4.78 is 41.2. The Bertz CT molecular complexity index is 734. The van der Waals surface area contributed by atoms with Gasteiger partial charge in [0.2, 0.25) is 17.2 Å². The van der Waals surface area contributed by atoms with Crippen LogP contribution in [0.5, 0.6) is 23.0 Å². The maximum atomic E-state index is 11.3. The number of aromatic hydroxyl groups is 1. The zero-order valence-corrected chi connectivity index (χ0v) is 9.64. The predicted molar refractivity (Wildman–Crippen MR) is 63.8 cm³/mol. The van der Waals surface area contributed by atoms with Gasteiger partial charge in [0.05, 0.1) is 30.8 Å². The lowest BCUT2D eigenvalue weighted by Crippen LogP contribution is -2.00. The molecule has 0 spiro atoms. The van der Waals surface area contributed by atoms with E-state index < -0.39 is 24.2 Å². The highest BCUT2D eigenvalue weighted by atomic mass is 16.5. The van der Waals surface area contributed by atoms with E-state index in [1.807, 2.05) is 0 Å². The van der Waals surface area contributed by atoms with E-state index in [0.717, 1.165) is 6.07 Å². The third kappa shape index (κ3) is 1.62. The van der Waals surface area contributed by atoms with E-state index in [0.29, 0.717) is 0 Å². The molecule has 0 radical (unpaired) electrons. The minimum absolute atomic E-state index is 0.0720. The van der Waals surface area contributed by atoms with Crippen LogP contribution in [0.1, 0.15) is 4.11 Å². The van der Waals surface area contributed by atoms with Crippen molar-refractivity contribution in [1.82, 2.24) is 0 Å². The summed E-state index contributed by atoms with van der Waals surface area (Å²) >= 11 is 0. The molecule has 1 aromatic carbocycles. The summed E-state index contributed by atoms with van der Waals surface area (Å²) in [5.74, 6) is -1.35. The van der Waals surface area contributed by atoms with Gasteiger partial charge in [-0.1, -0.05) is 0 Å². The predicted octanol–water partition coefficient (Wildman–Crippen LogP) is 1.52. The van der Waals surface area contributed by atoms with Gasteiger partial charge >= 0.3 is 5.63 Å². The summed E-state index contributed by atoms with van der Waals surface area (Å²) in [7, 11) is -0.315. The Morgan fingerprint density at radius 2 is 1.89 bits per heavy atom. The molecule has 1 heterocycles. The first kappa shape index (κ1) is 8.68. The van der Waals surface area contributed by atoms with Crippen LogP contribution in [0.4, 0.5) is 0 Å². The van der Waals surface area contributed by atoms with Crippen LogP contribution >= 0.6 is 0 Å². The van der Waals surface area contributed by atoms with Gasteiger partial charge in [-0.2, -0.15) is 0 Å². The second kappa shape index (κ2) is 4.48. The average molecular weight is 255 g/mol. The zero-order chi connectivity index (χ0) is 15.8. The smallest absolute Gasteiger partial charge is 0.336 e. The Balaban J connectivity index is 2.88. The van der Waals surface area contributed by atoms with Crippen molar-refractivity contribution >= 4 is 11.0 Å². The Kier molecular flexibility index (Phi) is 2.16. The highest BCUT2D eigenvalue weighted by Crippen LogP contribution is 2.49. The first-order valence-corrected chi connectivity index (χ1v) is 4.88. The number of hydrogen-bond donors (Lipinski definition) is 1. The third-order valence-electron chi connectivity index (χ3n) is 2.43. The minimum atomic E-state index is -2.81. The maximum absolute atomic E-state index is 11.3. The molecule has 96 valence electrons. The summed E-state index contributed by atoms with van der Waals surface area (Å²) in [5, 5.41) is 10.3. The van der Waals surface area contributed by atoms with Crippen LogP contribution in [0.15, 0.2) is 21.3 Å². The van der Waals surface area contributed by atoms with Gasteiger partial charge in [0.1, 0.15) is 0 Å². The van der Waals surface area contributed by atoms with Gasteiger partial charge in [0.15, 0.2) is 11.3 Å². The SMILES string of the molecule is [2H]C([2H])([2H])Oc1c(O)c(OC)c2oc(=O)ccc2c1OC. The number of phenols is 1. The summed E-state index contributed by atoms with van der Waals surface area (Å²) in [5.41, 5.74) is -0.732. The number of benzene rings is 1. The molecule has 18 heavy (non-hydrogen) atoms. The quantitative estimate of drug-likeness (QED) is 0.838. The highest BCUT2D eigenvalue weighted by molar-refractivity contribution is 5.94. The Hall–Kier alpha value is -2.37. The van der Waals surface area contributed by atoms with Crippen molar-refractivity contribution in [2.24, 2.45) is 0 Å². The van der Waals surface area contributed by atoms with Crippen molar-refractivity contribution in [3.8, 4) is 23.0 Å². The zero-order valence-electron chi connectivity index (χ0n) is 12.6. The van der Waals surface area contributed by atoms with Crippen LogP contribution < -0.4 is 19.8 Å². The van der Waals surface area contributed by atoms with Crippen molar-refractivity contribution in [3.05, 3.63) is 22.6 Å². The Labute approximate surface area is 107 Å². The van der Waals surface area contributed by atoms with Crippen LogP contribution in [-0.2, 0) is 0 Å². The van der Waals surface area contributed by atoms with E-state index in [1.165, 1.54) is 20.3 Å². The number of fused-ring (bicyclic) bond motifs is 1. The number of phenolic OH excluding ortho intramolecular Hbond substituents is 1. The van der Waals surface area contributed by atoms with E-state index in [-0.39, 0.29) is 22.5 Å². The third-order valence-corrected chi connectivity index (χ3v) is 2.43. The molecule has 6 heteroatoms. The lowest BCUT2D eigenvalue weighted by atomic mass is 10.1. The average Bonchev–Trinajstić information content (AvgIpc) is 2.39. The van der Waals surface area contributed by atoms with Gasteiger partial charge in [-0.25, -0.2) is 4.79 Å². The van der Waals surface area contributed by atoms with Crippen LogP contribution in [-0.4, -0.2) is 26.4 Å². The fourth-order valence-corrected chi connectivity index (χ4v) is 1.69. The van der Waals surface area contributed by atoms with E-state index in [9.17, 15) is 9.90 Å². The maximum Gasteiger partial charge on any atom is 0.336 e. The lowest BCUT2D eigenvalue weighted by molar-refractivity contribution is 0.316. The van der Waals surface area contributed by atoms with E-state index in [1.54, 1.807) is 0 Å². The molecule has 0 fully saturated rings. The van der Waals surface area contributed by atoms with Crippen molar-refractivity contribution in [2.45, 2.75) is 0 Å². The topological polar surface area (TPSA) is 78.1 Å². The van der Waals surface area contributed by atoms with Crippen molar-refractivity contribution < 1.29 is 27.8 Å². The molecule has 0 unspecified atom stereocenters. The Morgan fingerprint density at radius 3 is 2.50 bits per heavy atom.